The summed E-state index contributed by atoms with van der Waals surface area (Å²) in [4.78, 5) is 13.3. The summed E-state index contributed by atoms with van der Waals surface area (Å²) in [6.45, 7) is 1.46. The van der Waals surface area contributed by atoms with Crippen LogP contribution in [0.25, 0.3) is 0 Å². The lowest BCUT2D eigenvalue weighted by molar-refractivity contribution is 0.143. The SMILES string of the molecule is O=C1OC2CNCC2N1c1ccc(O)cc1. The molecule has 0 bridgehead atoms. The van der Waals surface area contributed by atoms with Gasteiger partial charge in [-0.25, -0.2) is 4.79 Å². The molecular weight excluding hydrogens is 208 g/mol. The highest BCUT2D eigenvalue weighted by Gasteiger charge is 2.45. The number of fused-ring (bicyclic) bond motifs is 1. The first-order valence-electron chi connectivity index (χ1n) is 5.25. The third-order valence-electron chi connectivity index (χ3n) is 3.04. The van der Waals surface area contributed by atoms with E-state index in [1.165, 1.54) is 0 Å². The van der Waals surface area contributed by atoms with E-state index in [4.69, 9.17) is 4.74 Å². The summed E-state index contributed by atoms with van der Waals surface area (Å²) >= 11 is 0. The quantitative estimate of drug-likeness (QED) is 0.731. The first-order chi connectivity index (χ1) is 7.75. The van der Waals surface area contributed by atoms with Crippen LogP contribution in [0.4, 0.5) is 10.5 Å². The maximum atomic E-state index is 11.7. The standard InChI is InChI=1S/C11H12N2O3/c14-8-3-1-7(2-4-8)13-9-5-12-6-10(9)16-11(13)15/h1-4,9-10,12,14H,5-6H2. The normalized spacial score (nSPS) is 28.0. The first-order valence-corrected chi connectivity index (χ1v) is 5.25. The third kappa shape index (κ3) is 1.32. The van der Waals surface area contributed by atoms with Gasteiger partial charge in [-0.3, -0.25) is 4.90 Å². The Morgan fingerprint density at radius 2 is 2.06 bits per heavy atom. The van der Waals surface area contributed by atoms with Gasteiger partial charge in [0, 0.05) is 18.8 Å². The zero-order valence-electron chi connectivity index (χ0n) is 8.59. The summed E-state index contributed by atoms with van der Waals surface area (Å²) in [5.41, 5.74) is 0.763. The highest BCUT2D eigenvalue weighted by atomic mass is 16.6. The zero-order valence-corrected chi connectivity index (χ0v) is 8.59. The van der Waals surface area contributed by atoms with Crippen molar-refractivity contribution in [2.45, 2.75) is 12.1 Å². The van der Waals surface area contributed by atoms with Gasteiger partial charge >= 0.3 is 6.09 Å². The fraction of sp³-hybridized carbons (Fsp3) is 0.364. The van der Waals surface area contributed by atoms with E-state index in [9.17, 15) is 9.90 Å². The average molecular weight is 220 g/mol. The van der Waals surface area contributed by atoms with Crippen molar-refractivity contribution in [2.24, 2.45) is 0 Å². The molecule has 3 rings (SSSR count). The van der Waals surface area contributed by atoms with Crippen LogP contribution in [0.1, 0.15) is 0 Å². The second kappa shape index (κ2) is 3.38. The topological polar surface area (TPSA) is 61.8 Å². The number of hydrogen-bond donors (Lipinski definition) is 2. The molecule has 0 saturated carbocycles. The Kier molecular flexibility index (Phi) is 2.00. The molecule has 0 radical (unpaired) electrons. The molecule has 2 fully saturated rings. The van der Waals surface area contributed by atoms with Crippen molar-refractivity contribution >= 4 is 11.8 Å². The minimum absolute atomic E-state index is 0.0543. The number of rotatable bonds is 1. The Bertz CT molecular complexity index is 418. The van der Waals surface area contributed by atoms with Gasteiger partial charge in [-0.15, -0.1) is 0 Å². The van der Waals surface area contributed by atoms with Gasteiger partial charge in [0.05, 0.1) is 6.04 Å². The third-order valence-corrected chi connectivity index (χ3v) is 3.04. The molecule has 2 atom stereocenters. The van der Waals surface area contributed by atoms with Gasteiger partial charge in [0.25, 0.3) is 0 Å². The Morgan fingerprint density at radius 1 is 1.31 bits per heavy atom. The second-order valence-electron chi connectivity index (χ2n) is 4.03. The Labute approximate surface area is 92.6 Å². The summed E-state index contributed by atoms with van der Waals surface area (Å²) in [6, 6.07) is 6.64. The van der Waals surface area contributed by atoms with E-state index in [1.807, 2.05) is 0 Å². The molecule has 1 aromatic rings. The lowest BCUT2D eigenvalue weighted by atomic mass is 10.2. The second-order valence-corrected chi connectivity index (χ2v) is 4.03. The molecule has 1 amide bonds. The highest BCUT2D eigenvalue weighted by Crippen LogP contribution is 2.29. The van der Waals surface area contributed by atoms with Crippen molar-refractivity contribution in [3.8, 4) is 5.75 Å². The number of hydrogen-bond acceptors (Lipinski definition) is 4. The molecule has 0 aromatic heterocycles. The maximum Gasteiger partial charge on any atom is 0.415 e. The largest absolute Gasteiger partial charge is 0.508 e. The Balaban J connectivity index is 1.93. The fourth-order valence-electron chi connectivity index (χ4n) is 2.25. The summed E-state index contributed by atoms with van der Waals surface area (Å²) in [7, 11) is 0. The van der Waals surface area contributed by atoms with Gasteiger partial charge in [0.15, 0.2) is 0 Å². The van der Waals surface area contributed by atoms with Gasteiger partial charge in [0.2, 0.25) is 0 Å². The van der Waals surface area contributed by atoms with Crippen LogP contribution < -0.4 is 10.2 Å². The molecule has 2 unspecified atom stereocenters. The van der Waals surface area contributed by atoms with Crippen LogP contribution in [0.15, 0.2) is 24.3 Å². The summed E-state index contributed by atoms with van der Waals surface area (Å²) in [5, 5.41) is 12.4. The number of carbonyl (C=O) groups excluding carboxylic acids is 1. The smallest absolute Gasteiger partial charge is 0.415 e. The molecule has 84 valence electrons. The van der Waals surface area contributed by atoms with E-state index in [-0.39, 0.29) is 24.0 Å². The van der Waals surface area contributed by atoms with E-state index in [0.29, 0.717) is 6.54 Å². The van der Waals surface area contributed by atoms with Crippen molar-refractivity contribution in [1.29, 1.82) is 0 Å². The van der Waals surface area contributed by atoms with Crippen molar-refractivity contribution < 1.29 is 14.6 Å². The number of nitrogens with one attached hydrogen (secondary N) is 1. The predicted octanol–water partition coefficient (Wildman–Crippen LogP) is 0.689. The minimum Gasteiger partial charge on any atom is -0.508 e. The number of phenols is 1. The number of anilines is 1. The number of nitrogens with zero attached hydrogens (tertiary/aromatic N) is 1. The van der Waals surface area contributed by atoms with Gasteiger partial charge in [-0.1, -0.05) is 0 Å². The first kappa shape index (κ1) is 9.47. The van der Waals surface area contributed by atoms with Crippen LogP contribution in [-0.2, 0) is 4.74 Å². The molecule has 5 nitrogen and oxygen atoms in total. The molecule has 2 saturated heterocycles. The minimum atomic E-state index is -0.304. The molecule has 0 aliphatic carbocycles. The number of ether oxygens (including phenoxy) is 1. The van der Waals surface area contributed by atoms with Crippen LogP contribution in [0.3, 0.4) is 0 Å². The van der Waals surface area contributed by atoms with E-state index < -0.39 is 0 Å². The number of aromatic hydroxyl groups is 1. The van der Waals surface area contributed by atoms with Crippen molar-refractivity contribution in [3.05, 3.63) is 24.3 Å². The molecule has 2 aliphatic rings. The van der Waals surface area contributed by atoms with Crippen molar-refractivity contribution in [2.75, 3.05) is 18.0 Å². The van der Waals surface area contributed by atoms with Gasteiger partial charge in [-0.2, -0.15) is 0 Å². The van der Waals surface area contributed by atoms with Gasteiger partial charge in [-0.05, 0) is 24.3 Å². The number of amides is 1. The van der Waals surface area contributed by atoms with Crippen molar-refractivity contribution in [1.82, 2.24) is 5.32 Å². The summed E-state index contributed by atoms with van der Waals surface area (Å²) in [6.07, 6.45) is -0.358. The summed E-state index contributed by atoms with van der Waals surface area (Å²) in [5.74, 6) is 0.192. The predicted molar refractivity (Wildman–Crippen MR) is 57.5 cm³/mol. The Hall–Kier alpha value is -1.75. The Morgan fingerprint density at radius 3 is 2.81 bits per heavy atom. The molecule has 1 aromatic carbocycles. The zero-order chi connectivity index (χ0) is 11.1. The van der Waals surface area contributed by atoms with E-state index in [1.54, 1.807) is 29.2 Å². The lowest BCUT2D eigenvalue weighted by Crippen LogP contribution is -2.37. The van der Waals surface area contributed by atoms with E-state index in [2.05, 4.69) is 5.32 Å². The van der Waals surface area contributed by atoms with Crippen LogP contribution in [0.2, 0.25) is 0 Å². The maximum absolute atomic E-state index is 11.7. The molecule has 16 heavy (non-hydrogen) atoms. The molecule has 2 aliphatic heterocycles. The fourth-order valence-corrected chi connectivity index (χ4v) is 2.25. The molecular formula is C11H12N2O3. The number of benzene rings is 1. The van der Waals surface area contributed by atoms with Crippen LogP contribution in [-0.4, -0.2) is 36.4 Å². The highest BCUT2D eigenvalue weighted by molar-refractivity contribution is 5.91. The number of carbonyl (C=O) groups is 1. The molecule has 2 heterocycles. The number of phenolic OH excluding ortho intramolecular Hbond substituents is 1. The van der Waals surface area contributed by atoms with Crippen molar-refractivity contribution in [3.63, 3.8) is 0 Å². The molecule has 2 N–H and O–H groups in total. The van der Waals surface area contributed by atoms with Gasteiger partial charge < -0.3 is 15.2 Å². The molecule has 5 heteroatoms. The average Bonchev–Trinajstić information content (AvgIpc) is 2.79. The van der Waals surface area contributed by atoms with Gasteiger partial charge in [0.1, 0.15) is 11.9 Å². The summed E-state index contributed by atoms with van der Waals surface area (Å²) < 4.78 is 5.24. The van der Waals surface area contributed by atoms with Crippen LogP contribution in [0, 0.1) is 0 Å². The van der Waals surface area contributed by atoms with Crippen LogP contribution in [0.5, 0.6) is 5.75 Å². The van der Waals surface area contributed by atoms with E-state index >= 15 is 0 Å². The van der Waals surface area contributed by atoms with Crippen LogP contribution >= 0.6 is 0 Å². The van der Waals surface area contributed by atoms with E-state index in [0.717, 1.165) is 12.2 Å². The molecule has 0 spiro atoms. The lowest BCUT2D eigenvalue weighted by Gasteiger charge is -2.19. The monoisotopic (exact) mass is 220 g/mol.